The Balaban J connectivity index is 1.66. The van der Waals surface area contributed by atoms with E-state index in [1.165, 1.54) is 13.3 Å². The first kappa shape index (κ1) is 24.1. The maximum absolute atomic E-state index is 13.3. The van der Waals surface area contributed by atoms with Gasteiger partial charge in [-0.15, -0.1) is 0 Å². The van der Waals surface area contributed by atoms with Crippen molar-refractivity contribution in [1.82, 2.24) is 20.9 Å². The van der Waals surface area contributed by atoms with Gasteiger partial charge in [-0.25, -0.2) is 10.5 Å². The minimum atomic E-state index is -1.26. The molecule has 4 aromatic rings. The monoisotopic (exact) mass is 485 g/mol. The number of nitrogens with one attached hydrogen (secondary N) is 3. The zero-order valence-corrected chi connectivity index (χ0v) is 19.5. The maximum Gasteiger partial charge on any atom is 0.272 e. The maximum atomic E-state index is 13.3. The van der Waals surface area contributed by atoms with E-state index in [2.05, 4.69) is 26.0 Å². The van der Waals surface area contributed by atoms with Gasteiger partial charge >= 0.3 is 0 Å². The minimum Gasteiger partial charge on any atom is -0.497 e. The highest BCUT2D eigenvalue weighted by molar-refractivity contribution is 5.99. The number of hydrogen-bond acceptors (Lipinski definition) is 7. The summed E-state index contributed by atoms with van der Waals surface area (Å²) in [5, 5.41) is 14.0. The van der Waals surface area contributed by atoms with Crippen LogP contribution in [0.4, 0.5) is 0 Å². The zero-order valence-electron chi connectivity index (χ0n) is 19.5. The van der Waals surface area contributed by atoms with Gasteiger partial charge in [0.15, 0.2) is 6.04 Å². The highest BCUT2D eigenvalue weighted by Crippen LogP contribution is 2.23. The van der Waals surface area contributed by atoms with Crippen molar-refractivity contribution >= 4 is 28.8 Å². The molecule has 36 heavy (non-hydrogen) atoms. The molecule has 10 heteroatoms. The van der Waals surface area contributed by atoms with E-state index < -0.39 is 23.4 Å². The number of fused-ring (bicyclic) bond motifs is 1. The summed E-state index contributed by atoms with van der Waals surface area (Å²) in [5.41, 5.74) is 3.15. The smallest absolute Gasteiger partial charge is 0.272 e. The number of hydrazone groups is 1. The molecule has 0 fully saturated rings. The Kier molecular flexibility index (Phi) is 7.35. The van der Waals surface area contributed by atoms with E-state index in [9.17, 15) is 14.4 Å². The van der Waals surface area contributed by atoms with Crippen molar-refractivity contribution in [2.45, 2.75) is 6.04 Å². The summed E-state index contributed by atoms with van der Waals surface area (Å²) in [6.45, 7) is 0. The molecule has 0 aliphatic heterocycles. The van der Waals surface area contributed by atoms with Crippen LogP contribution in [0.15, 0.2) is 82.7 Å². The third kappa shape index (κ3) is 5.22. The standard InChI is InChI=1S/C26H23N5O5/c1-35-18-13-12-17(21(14-18)36-2)15-27-30-26(34)23(28-24(32)16-8-4-3-5-9-16)22-19-10-6-7-11-20(19)25(33)31-29-22/h3-15,23H,1-2H3,(H,28,32)(H,30,34)(H,31,33)/b27-15-/t23-/m0/s1. The number of nitrogens with zero attached hydrogens (tertiary/aromatic N) is 2. The highest BCUT2D eigenvalue weighted by atomic mass is 16.5. The number of aromatic nitrogens is 2. The van der Waals surface area contributed by atoms with E-state index in [4.69, 9.17) is 9.47 Å². The molecule has 0 aliphatic carbocycles. The van der Waals surface area contributed by atoms with Crippen LogP contribution in [0.3, 0.4) is 0 Å². The average Bonchev–Trinajstić information content (AvgIpc) is 2.92. The number of ether oxygens (including phenoxy) is 2. The number of carbonyl (C=O) groups is 2. The van der Waals surface area contributed by atoms with Crippen molar-refractivity contribution in [2.75, 3.05) is 14.2 Å². The molecule has 0 spiro atoms. The van der Waals surface area contributed by atoms with Crippen LogP contribution >= 0.6 is 0 Å². The van der Waals surface area contributed by atoms with Gasteiger partial charge in [0.2, 0.25) is 0 Å². The van der Waals surface area contributed by atoms with Crippen molar-refractivity contribution in [3.05, 3.63) is 100.0 Å². The molecule has 0 saturated heterocycles. The fourth-order valence-corrected chi connectivity index (χ4v) is 3.57. The number of aromatic amines is 1. The third-order valence-electron chi connectivity index (χ3n) is 5.39. The molecule has 0 bridgehead atoms. The van der Waals surface area contributed by atoms with Crippen molar-refractivity contribution in [2.24, 2.45) is 5.10 Å². The second kappa shape index (κ2) is 11.0. The minimum absolute atomic E-state index is 0.171. The number of rotatable bonds is 8. The van der Waals surface area contributed by atoms with Gasteiger partial charge in [0.05, 0.1) is 25.8 Å². The summed E-state index contributed by atoms with van der Waals surface area (Å²) in [4.78, 5) is 38.4. The molecule has 0 saturated carbocycles. The molecule has 10 nitrogen and oxygen atoms in total. The number of benzene rings is 3. The topological polar surface area (TPSA) is 135 Å². The van der Waals surface area contributed by atoms with Crippen LogP contribution in [0.2, 0.25) is 0 Å². The summed E-state index contributed by atoms with van der Waals surface area (Å²) < 4.78 is 10.5. The molecule has 0 unspecified atom stereocenters. The van der Waals surface area contributed by atoms with Crippen molar-refractivity contribution in [1.29, 1.82) is 0 Å². The molecule has 4 rings (SSSR count). The molecule has 1 aromatic heterocycles. The van der Waals surface area contributed by atoms with E-state index in [1.807, 2.05) is 0 Å². The zero-order chi connectivity index (χ0) is 25.5. The molecule has 1 heterocycles. The van der Waals surface area contributed by atoms with Gasteiger partial charge in [0.25, 0.3) is 17.4 Å². The molecule has 3 aromatic carbocycles. The van der Waals surface area contributed by atoms with Crippen LogP contribution < -0.4 is 25.8 Å². The second-order valence-electron chi connectivity index (χ2n) is 7.60. The van der Waals surface area contributed by atoms with Crippen LogP contribution in [0, 0.1) is 0 Å². The van der Waals surface area contributed by atoms with Crippen LogP contribution in [-0.4, -0.2) is 42.4 Å². The van der Waals surface area contributed by atoms with E-state index in [0.29, 0.717) is 33.4 Å². The molecular formula is C26H23N5O5. The molecule has 0 radical (unpaired) electrons. The Morgan fingerprint density at radius 1 is 0.972 bits per heavy atom. The molecule has 3 N–H and O–H groups in total. The summed E-state index contributed by atoms with van der Waals surface area (Å²) in [6.07, 6.45) is 1.41. The molecular weight excluding hydrogens is 462 g/mol. The van der Waals surface area contributed by atoms with Crippen LogP contribution in [-0.2, 0) is 4.79 Å². The lowest BCUT2D eigenvalue weighted by Crippen LogP contribution is -2.40. The second-order valence-corrected chi connectivity index (χ2v) is 7.60. The third-order valence-corrected chi connectivity index (χ3v) is 5.39. The highest BCUT2D eigenvalue weighted by Gasteiger charge is 2.27. The van der Waals surface area contributed by atoms with Gasteiger partial charge in [-0.05, 0) is 30.3 Å². The summed E-state index contributed by atoms with van der Waals surface area (Å²) in [6, 6.07) is 19.0. The predicted octanol–water partition coefficient (Wildman–Crippen LogP) is 2.56. The number of amides is 2. The molecule has 0 aliphatic rings. The Labute approximate surface area is 206 Å². The first-order valence-corrected chi connectivity index (χ1v) is 10.9. The van der Waals surface area contributed by atoms with Gasteiger partial charge in [0.1, 0.15) is 17.2 Å². The molecule has 2 amide bonds. The van der Waals surface area contributed by atoms with Gasteiger partial charge < -0.3 is 14.8 Å². The molecule has 182 valence electrons. The number of methoxy groups -OCH3 is 2. The van der Waals surface area contributed by atoms with Crippen LogP contribution in [0.5, 0.6) is 11.5 Å². The predicted molar refractivity (Wildman–Crippen MR) is 134 cm³/mol. The largest absolute Gasteiger partial charge is 0.497 e. The van der Waals surface area contributed by atoms with Crippen molar-refractivity contribution in [3.63, 3.8) is 0 Å². The van der Waals surface area contributed by atoms with E-state index >= 15 is 0 Å². The average molecular weight is 486 g/mol. The number of carbonyl (C=O) groups excluding carboxylic acids is 2. The Bertz CT molecular complexity index is 1480. The number of hydrogen-bond donors (Lipinski definition) is 3. The summed E-state index contributed by atoms with van der Waals surface area (Å²) >= 11 is 0. The lowest BCUT2D eigenvalue weighted by Gasteiger charge is -2.18. The lowest BCUT2D eigenvalue weighted by atomic mass is 10.0. The van der Waals surface area contributed by atoms with E-state index in [-0.39, 0.29) is 5.69 Å². The lowest BCUT2D eigenvalue weighted by molar-refractivity contribution is -0.123. The first-order valence-electron chi connectivity index (χ1n) is 10.9. The van der Waals surface area contributed by atoms with Crippen molar-refractivity contribution in [3.8, 4) is 11.5 Å². The quantitative estimate of drug-likeness (QED) is 0.259. The fourth-order valence-electron chi connectivity index (χ4n) is 3.57. The number of H-pyrrole nitrogens is 1. The summed E-state index contributed by atoms with van der Waals surface area (Å²) in [7, 11) is 3.05. The van der Waals surface area contributed by atoms with E-state index in [1.54, 1.807) is 79.9 Å². The Morgan fingerprint density at radius 2 is 1.69 bits per heavy atom. The van der Waals surface area contributed by atoms with Crippen molar-refractivity contribution < 1.29 is 19.1 Å². The van der Waals surface area contributed by atoms with E-state index in [0.717, 1.165) is 0 Å². The fraction of sp³-hybridized carbons (Fsp3) is 0.115. The first-order chi connectivity index (χ1) is 17.5. The van der Waals surface area contributed by atoms with Gasteiger partial charge in [-0.3, -0.25) is 14.4 Å². The molecule has 1 atom stereocenters. The van der Waals surface area contributed by atoms with Gasteiger partial charge in [-0.1, -0.05) is 36.4 Å². The Morgan fingerprint density at radius 3 is 2.42 bits per heavy atom. The Hall–Kier alpha value is -4.99. The summed E-state index contributed by atoms with van der Waals surface area (Å²) in [5.74, 6) is -0.0522. The van der Waals surface area contributed by atoms with Gasteiger partial charge in [0, 0.05) is 22.6 Å². The normalized spacial score (nSPS) is 11.7. The van der Waals surface area contributed by atoms with Gasteiger partial charge in [-0.2, -0.15) is 10.2 Å². The van der Waals surface area contributed by atoms with Crippen LogP contribution in [0.1, 0.15) is 27.7 Å². The van der Waals surface area contributed by atoms with Crippen LogP contribution in [0.25, 0.3) is 10.8 Å². The SMILES string of the molecule is COc1ccc(/C=N\NC(=O)[C@@H](NC(=O)c2ccccc2)c2n[nH]c(=O)c3ccccc23)c(OC)c1.